The van der Waals surface area contributed by atoms with Crippen molar-refractivity contribution in [2.75, 3.05) is 0 Å². The third-order valence-corrected chi connectivity index (χ3v) is 3.84. The molecule has 4 heteroatoms. The average Bonchev–Trinajstić information content (AvgIpc) is 2.67. The minimum absolute atomic E-state index is 0. The maximum Gasteiger partial charge on any atom is 0.317 e. The lowest BCUT2D eigenvalue weighted by molar-refractivity contribution is 0.282. The van der Waals surface area contributed by atoms with Crippen molar-refractivity contribution in [1.29, 1.82) is 0 Å². The summed E-state index contributed by atoms with van der Waals surface area (Å²) in [5, 5.41) is 1.02. The smallest absolute Gasteiger partial charge is 0.317 e. The molecule has 0 aliphatic rings. The first-order chi connectivity index (χ1) is 11.9. The van der Waals surface area contributed by atoms with Crippen LogP contribution in [0.1, 0.15) is 5.56 Å². The van der Waals surface area contributed by atoms with Crippen LogP contribution in [0.5, 0.6) is 6.01 Å². The van der Waals surface area contributed by atoms with Gasteiger partial charge in [-0.2, -0.15) is 9.97 Å². The van der Waals surface area contributed by atoms with Crippen LogP contribution in [0.2, 0.25) is 0 Å². The van der Waals surface area contributed by atoms with E-state index in [0.717, 1.165) is 27.7 Å². The summed E-state index contributed by atoms with van der Waals surface area (Å²) in [6.45, 7) is 0.452. The summed E-state index contributed by atoms with van der Waals surface area (Å²) < 4.78 is 5.84. The molecule has 0 saturated heterocycles. The molecule has 1 heterocycles. The topological polar surface area (TPSA) is 35.0 Å². The quantitative estimate of drug-likeness (QED) is 0.502. The number of ether oxygens (including phenoxy) is 1. The number of halogens is 1. The molecule has 0 aliphatic heterocycles. The van der Waals surface area contributed by atoms with Crippen LogP contribution in [-0.4, -0.2) is 9.97 Å². The Morgan fingerprint density at radius 2 is 1.32 bits per heavy atom. The molecule has 4 rings (SSSR count). The summed E-state index contributed by atoms with van der Waals surface area (Å²) >= 11 is 0. The standard InChI is InChI=1S/C21H16N2O.ClH/c1-3-9-16(10-4-1)15-24-21-22-19-14-8-7-13-18(19)20(23-21)17-11-5-2-6-12-17;/h1-14H,15H2;1H. The number of hydrogen-bond donors (Lipinski definition) is 0. The van der Waals surface area contributed by atoms with Crippen LogP contribution >= 0.6 is 12.4 Å². The Morgan fingerprint density at radius 1 is 0.680 bits per heavy atom. The molecular formula is C21H17ClN2O. The molecule has 0 spiro atoms. The Kier molecular flexibility index (Phi) is 5.26. The van der Waals surface area contributed by atoms with Crippen molar-refractivity contribution in [1.82, 2.24) is 9.97 Å². The van der Waals surface area contributed by atoms with Gasteiger partial charge in [0.2, 0.25) is 0 Å². The van der Waals surface area contributed by atoms with Gasteiger partial charge in [-0.15, -0.1) is 12.4 Å². The van der Waals surface area contributed by atoms with Crippen LogP contribution in [0.3, 0.4) is 0 Å². The number of aromatic nitrogens is 2. The predicted molar refractivity (Wildman–Crippen MR) is 103 cm³/mol. The fourth-order valence-corrected chi connectivity index (χ4v) is 2.66. The van der Waals surface area contributed by atoms with E-state index in [9.17, 15) is 0 Å². The monoisotopic (exact) mass is 348 g/mol. The summed E-state index contributed by atoms with van der Waals surface area (Å²) in [6, 6.07) is 28.6. The predicted octanol–water partition coefficient (Wildman–Crippen LogP) is 5.30. The Bertz CT molecular complexity index is 959. The van der Waals surface area contributed by atoms with Crippen LogP contribution in [0.15, 0.2) is 84.9 Å². The van der Waals surface area contributed by atoms with Crippen LogP contribution in [0.25, 0.3) is 22.2 Å². The lowest BCUT2D eigenvalue weighted by Crippen LogP contribution is -2.01. The van der Waals surface area contributed by atoms with Gasteiger partial charge in [-0.1, -0.05) is 78.9 Å². The number of benzene rings is 3. The fraction of sp³-hybridized carbons (Fsp3) is 0.0476. The molecule has 0 radical (unpaired) electrons. The molecule has 0 atom stereocenters. The molecule has 3 aromatic carbocycles. The Morgan fingerprint density at radius 3 is 2.08 bits per heavy atom. The largest absolute Gasteiger partial charge is 0.459 e. The van der Waals surface area contributed by atoms with Crippen LogP contribution in [0.4, 0.5) is 0 Å². The highest BCUT2D eigenvalue weighted by Gasteiger charge is 2.10. The third-order valence-electron chi connectivity index (χ3n) is 3.84. The van der Waals surface area contributed by atoms with E-state index in [1.807, 2.05) is 72.8 Å². The van der Waals surface area contributed by atoms with Crippen LogP contribution in [0, 0.1) is 0 Å². The van der Waals surface area contributed by atoms with Gasteiger partial charge in [0, 0.05) is 10.9 Å². The second kappa shape index (κ2) is 7.77. The van der Waals surface area contributed by atoms with Gasteiger partial charge in [-0.3, -0.25) is 0 Å². The first-order valence-electron chi connectivity index (χ1n) is 7.89. The van der Waals surface area contributed by atoms with Crippen LogP contribution < -0.4 is 4.74 Å². The van der Waals surface area contributed by atoms with Crippen molar-refractivity contribution in [2.45, 2.75) is 6.61 Å². The van der Waals surface area contributed by atoms with Crippen molar-refractivity contribution in [2.24, 2.45) is 0 Å². The van der Waals surface area contributed by atoms with Crippen LogP contribution in [-0.2, 0) is 6.61 Å². The lowest BCUT2D eigenvalue weighted by Gasteiger charge is -2.10. The van der Waals surface area contributed by atoms with E-state index >= 15 is 0 Å². The van der Waals surface area contributed by atoms with Crippen molar-refractivity contribution < 1.29 is 4.74 Å². The highest BCUT2D eigenvalue weighted by atomic mass is 35.5. The first kappa shape index (κ1) is 16.9. The molecule has 124 valence electrons. The number of para-hydroxylation sites is 1. The van der Waals surface area contributed by atoms with Gasteiger partial charge in [-0.25, -0.2) is 0 Å². The number of rotatable bonds is 4. The SMILES string of the molecule is Cl.c1ccc(COc2nc(-c3ccccc3)c3ccccc3n2)cc1. The molecule has 0 fully saturated rings. The zero-order chi connectivity index (χ0) is 16.2. The molecule has 0 bridgehead atoms. The number of hydrogen-bond acceptors (Lipinski definition) is 3. The van der Waals surface area contributed by atoms with E-state index in [1.165, 1.54) is 0 Å². The lowest BCUT2D eigenvalue weighted by atomic mass is 10.1. The van der Waals surface area contributed by atoms with Gasteiger partial charge in [-0.05, 0) is 11.6 Å². The Hall–Kier alpha value is -2.91. The minimum atomic E-state index is 0. The maximum absolute atomic E-state index is 5.84. The van der Waals surface area contributed by atoms with Gasteiger partial charge in [0.25, 0.3) is 0 Å². The molecule has 0 unspecified atom stereocenters. The normalized spacial score (nSPS) is 10.2. The third kappa shape index (κ3) is 3.78. The molecule has 0 N–H and O–H groups in total. The Balaban J connectivity index is 0.00000182. The highest BCUT2D eigenvalue weighted by Crippen LogP contribution is 2.27. The molecule has 0 aliphatic carbocycles. The molecule has 4 aromatic rings. The number of fused-ring (bicyclic) bond motifs is 1. The number of nitrogens with zero attached hydrogens (tertiary/aromatic N) is 2. The molecule has 3 nitrogen and oxygen atoms in total. The van der Waals surface area contributed by atoms with E-state index in [-0.39, 0.29) is 12.4 Å². The van der Waals surface area contributed by atoms with E-state index in [1.54, 1.807) is 0 Å². The zero-order valence-corrected chi connectivity index (χ0v) is 14.3. The van der Waals surface area contributed by atoms with E-state index < -0.39 is 0 Å². The summed E-state index contributed by atoms with van der Waals surface area (Å²) in [4.78, 5) is 9.20. The van der Waals surface area contributed by atoms with Gasteiger partial charge < -0.3 is 4.74 Å². The first-order valence-corrected chi connectivity index (χ1v) is 7.89. The summed E-state index contributed by atoms with van der Waals surface area (Å²) in [5.74, 6) is 0. The van der Waals surface area contributed by atoms with Gasteiger partial charge in [0.15, 0.2) is 0 Å². The summed E-state index contributed by atoms with van der Waals surface area (Å²) in [6.07, 6.45) is 0. The van der Waals surface area contributed by atoms with Crippen molar-refractivity contribution in [3.63, 3.8) is 0 Å². The van der Waals surface area contributed by atoms with Gasteiger partial charge in [0.1, 0.15) is 6.61 Å². The fourth-order valence-electron chi connectivity index (χ4n) is 2.66. The van der Waals surface area contributed by atoms with E-state index in [0.29, 0.717) is 12.6 Å². The molecule has 1 aromatic heterocycles. The highest BCUT2D eigenvalue weighted by molar-refractivity contribution is 5.92. The minimum Gasteiger partial charge on any atom is -0.459 e. The summed E-state index contributed by atoms with van der Waals surface area (Å²) in [7, 11) is 0. The maximum atomic E-state index is 5.84. The van der Waals surface area contributed by atoms with Crippen molar-refractivity contribution >= 4 is 23.3 Å². The molecule has 25 heavy (non-hydrogen) atoms. The van der Waals surface area contributed by atoms with Gasteiger partial charge >= 0.3 is 6.01 Å². The Labute approximate surface area is 152 Å². The molecule has 0 saturated carbocycles. The van der Waals surface area contributed by atoms with E-state index in [2.05, 4.69) is 22.1 Å². The zero-order valence-electron chi connectivity index (χ0n) is 13.5. The van der Waals surface area contributed by atoms with Crippen molar-refractivity contribution in [3.05, 3.63) is 90.5 Å². The summed E-state index contributed by atoms with van der Waals surface area (Å²) in [5.41, 5.74) is 3.93. The van der Waals surface area contributed by atoms with Gasteiger partial charge in [0.05, 0.1) is 11.2 Å². The molecular weight excluding hydrogens is 332 g/mol. The van der Waals surface area contributed by atoms with Crippen molar-refractivity contribution in [3.8, 4) is 17.3 Å². The average molecular weight is 349 g/mol. The second-order valence-electron chi connectivity index (χ2n) is 5.51. The van der Waals surface area contributed by atoms with E-state index in [4.69, 9.17) is 4.74 Å². The second-order valence-corrected chi connectivity index (χ2v) is 5.51. The molecule has 0 amide bonds.